The Kier molecular flexibility index (Phi) is 2.95. The molecule has 1 atom stereocenters. The van der Waals surface area contributed by atoms with Crippen molar-refractivity contribution in [3.63, 3.8) is 0 Å². The number of hydrogen-bond donors (Lipinski definition) is 2. The van der Waals surface area contributed by atoms with Crippen LogP contribution < -0.4 is 0 Å². The summed E-state index contributed by atoms with van der Waals surface area (Å²) < 4.78 is 38.7. The van der Waals surface area contributed by atoms with Crippen molar-refractivity contribution in [1.82, 2.24) is 9.78 Å². The highest BCUT2D eigenvalue weighted by molar-refractivity contribution is 5.68. The SMILES string of the molecule is Cn1nccc1C(O)(CC(=O)O)C(F)(F)F. The van der Waals surface area contributed by atoms with Crippen molar-refractivity contribution in [2.45, 2.75) is 18.2 Å². The zero-order valence-electron chi connectivity index (χ0n) is 8.19. The molecule has 1 heterocycles. The topological polar surface area (TPSA) is 75.3 Å². The molecule has 0 amide bonds. The number of rotatable bonds is 3. The van der Waals surface area contributed by atoms with Crippen molar-refractivity contribution in [3.05, 3.63) is 18.0 Å². The molecule has 0 radical (unpaired) electrons. The van der Waals surface area contributed by atoms with Gasteiger partial charge in [-0.3, -0.25) is 9.48 Å². The van der Waals surface area contributed by atoms with Gasteiger partial charge >= 0.3 is 12.1 Å². The Morgan fingerprint density at radius 3 is 2.44 bits per heavy atom. The molecule has 0 spiro atoms. The molecule has 5 nitrogen and oxygen atoms in total. The number of aliphatic hydroxyl groups is 1. The summed E-state index contributed by atoms with van der Waals surface area (Å²) in [6.45, 7) is 0. The van der Waals surface area contributed by atoms with Crippen molar-refractivity contribution >= 4 is 5.97 Å². The van der Waals surface area contributed by atoms with Crippen LogP contribution in [0.4, 0.5) is 13.2 Å². The third kappa shape index (κ3) is 2.01. The van der Waals surface area contributed by atoms with Crippen LogP contribution in [0.5, 0.6) is 0 Å². The van der Waals surface area contributed by atoms with E-state index >= 15 is 0 Å². The van der Waals surface area contributed by atoms with E-state index < -0.39 is 29.9 Å². The normalized spacial score (nSPS) is 15.8. The first-order chi connectivity index (χ1) is 7.18. The summed E-state index contributed by atoms with van der Waals surface area (Å²) in [7, 11) is 1.19. The Labute approximate surface area is 88.1 Å². The third-order valence-electron chi connectivity index (χ3n) is 2.12. The molecule has 0 aromatic carbocycles. The predicted molar refractivity (Wildman–Crippen MR) is 45.4 cm³/mol. The number of aromatic nitrogens is 2. The Bertz CT molecular complexity index is 401. The molecular weight excluding hydrogens is 229 g/mol. The van der Waals surface area contributed by atoms with Crippen LogP contribution in [0.3, 0.4) is 0 Å². The maximum atomic E-state index is 12.7. The third-order valence-corrected chi connectivity index (χ3v) is 2.12. The fraction of sp³-hybridized carbons (Fsp3) is 0.500. The highest BCUT2D eigenvalue weighted by Crippen LogP contribution is 2.41. The van der Waals surface area contributed by atoms with Gasteiger partial charge in [0.05, 0.1) is 12.1 Å². The summed E-state index contributed by atoms with van der Waals surface area (Å²) in [5.74, 6) is -1.75. The van der Waals surface area contributed by atoms with E-state index in [-0.39, 0.29) is 0 Å². The second kappa shape index (κ2) is 3.78. The molecule has 1 unspecified atom stereocenters. The fourth-order valence-electron chi connectivity index (χ4n) is 1.33. The molecule has 1 rings (SSSR count). The number of halogens is 3. The summed E-state index contributed by atoms with van der Waals surface area (Å²) in [6, 6.07) is 0.927. The number of hydrogen-bond acceptors (Lipinski definition) is 3. The zero-order valence-corrected chi connectivity index (χ0v) is 8.19. The van der Waals surface area contributed by atoms with Crippen molar-refractivity contribution in [3.8, 4) is 0 Å². The summed E-state index contributed by atoms with van der Waals surface area (Å²) in [4.78, 5) is 10.4. The average molecular weight is 238 g/mol. The van der Waals surface area contributed by atoms with Gasteiger partial charge in [0.25, 0.3) is 0 Å². The van der Waals surface area contributed by atoms with Gasteiger partial charge in [-0.25, -0.2) is 0 Å². The number of carbonyl (C=O) groups is 1. The van der Waals surface area contributed by atoms with E-state index in [0.29, 0.717) is 0 Å². The lowest BCUT2D eigenvalue weighted by Gasteiger charge is -2.28. The van der Waals surface area contributed by atoms with E-state index in [1.165, 1.54) is 7.05 Å². The van der Waals surface area contributed by atoms with E-state index in [1.54, 1.807) is 0 Å². The van der Waals surface area contributed by atoms with Crippen LogP contribution in [0.2, 0.25) is 0 Å². The first-order valence-electron chi connectivity index (χ1n) is 4.18. The van der Waals surface area contributed by atoms with Crippen molar-refractivity contribution in [1.29, 1.82) is 0 Å². The number of carboxylic acid groups (broad SMARTS) is 1. The van der Waals surface area contributed by atoms with E-state index in [9.17, 15) is 23.1 Å². The molecule has 16 heavy (non-hydrogen) atoms. The van der Waals surface area contributed by atoms with E-state index in [0.717, 1.165) is 16.9 Å². The Hall–Kier alpha value is -1.57. The summed E-state index contributed by atoms with van der Waals surface area (Å²) in [5.41, 5.74) is -4.04. The highest BCUT2D eigenvalue weighted by atomic mass is 19.4. The zero-order chi connectivity index (χ0) is 12.6. The van der Waals surface area contributed by atoms with Gasteiger partial charge in [-0.2, -0.15) is 18.3 Å². The second-order valence-corrected chi connectivity index (χ2v) is 3.27. The highest BCUT2D eigenvalue weighted by Gasteiger charge is 2.57. The van der Waals surface area contributed by atoms with Crippen LogP contribution in [0.15, 0.2) is 12.3 Å². The number of aliphatic carboxylic acids is 1. The van der Waals surface area contributed by atoms with E-state index in [1.807, 2.05) is 0 Å². The fourth-order valence-corrected chi connectivity index (χ4v) is 1.33. The van der Waals surface area contributed by atoms with Crippen LogP contribution in [0.1, 0.15) is 12.1 Å². The number of alkyl halides is 3. The lowest BCUT2D eigenvalue weighted by atomic mass is 9.94. The summed E-state index contributed by atoms with van der Waals surface area (Å²) in [6.07, 6.45) is -5.50. The van der Waals surface area contributed by atoms with Crippen molar-refractivity contribution in [2.75, 3.05) is 0 Å². The number of nitrogens with zero attached hydrogens (tertiary/aromatic N) is 2. The van der Waals surface area contributed by atoms with Crippen LogP contribution in [-0.2, 0) is 17.4 Å². The molecule has 0 saturated heterocycles. The van der Waals surface area contributed by atoms with Crippen LogP contribution in [-0.4, -0.2) is 32.1 Å². The van der Waals surface area contributed by atoms with Crippen LogP contribution >= 0.6 is 0 Å². The molecule has 0 saturated carbocycles. The van der Waals surface area contributed by atoms with Gasteiger partial charge in [-0.1, -0.05) is 0 Å². The van der Waals surface area contributed by atoms with Gasteiger partial charge in [0.15, 0.2) is 0 Å². The van der Waals surface area contributed by atoms with Crippen molar-refractivity contribution in [2.24, 2.45) is 7.05 Å². The molecule has 1 aromatic rings. The van der Waals surface area contributed by atoms with Gasteiger partial charge in [-0.15, -0.1) is 0 Å². The minimum absolute atomic E-state index is 0.609. The van der Waals surface area contributed by atoms with Gasteiger partial charge in [0.1, 0.15) is 0 Å². The van der Waals surface area contributed by atoms with Crippen LogP contribution in [0, 0.1) is 0 Å². The monoisotopic (exact) mass is 238 g/mol. The van der Waals surface area contributed by atoms with Crippen molar-refractivity contribution < 1.29 is 28.2 Å². The summed E-state index contributed by atoms with van der Waals surface area (Å²) in [5, 5.41) is 21.4. The largest absolute Gasteiger partial charge is 0.481 e. The lowest BCUT2D eigenvalue weighted by molar-refractivity contribution is -0.271. The minimum Gasteiger partial charge on any atom is -0.481 e. The average Bonchev–Trinajstić information content (AvgIpc) is 2.48. The lowest BCUT2D eigenvalue weighted by Crippen LogP contribution is -2.45. The number of aryl methyl sites for hydroxylation is 1. The second-order valence-electron chi connectivity index (χ2n) is 3.27. The minimum atomic E-state index is -5.08. The molecule has 1 aromatic heterocycles. The van der Waals surface area contributed by atoms with E-state index in [4.69, 9.17) is 5.11 Å². The molecule has 0 aliphatic rings. The maximum Gasteiger partial charge on any atom is 0.423 e. The first kappa shape index (κ1) is 12.5. The molecule has 0 fully saturated rings. The van der Waals surface area contributed by atoms with Gasteiger partial charge < -0.3 is 10.2 Å². The molecule has 0 bridgehead atoms. The smallest absolute Gasteiger partial charge is 0.423 e. The standard InChI is InChI=1S/C8H9F3N2O3/c1-13-5(2-3-12-13)7(16,4-6(14)15)8(9,10)11/h2-3,16H,4H2,1H3,(H,14,15). The van der Waals surface area contributed by atoms with Gasteiger partial charge in [0, 0.05) is 13.2 Å². The maximum absolute atomic E-state index is 12.7. The molecule has 0 aliphatic carbocycles. The van der Waals surface area contributed by atoms with Gasteiger partial charge in [-0.05, 0) is 6.07 Å². The quantitative estimate of drug-likeness (QED) is 0.810. The molecular formula is C8H9F3N2O3. The summed E-state index contributed by atoms with van der Waals surface area (Å²) >= 11 is 0. The molecule has 0 aliphatic heterocycles. The molecule has 2 N–H and O–H groups in total. The molecule has 8 heteroatoms. The molecule has 90 valence electrons. The Morgan fingerprint density at radius 2 is 2.12 bits per heavy atom. The Balaban J connectivity index is 3.26. The van der Waals surface area contributed by atoms with E-state index in [2.05, 4.69) is 5.10 Å². The predicted octanol–water partition coefficient (Wildman–Crippen LogP) is 0.645. The first-order valence-corrected chi connectivity index (χ1v) is 4.18. The van der Waals surface area contributed by atoms with Gasteiger partial charge in [0.2, 0.25) is 5.60 Å². The number of carboxylic acids is 1. The Morgan fingerprint density at radius 1 is 1.56 bits per heavy atom. The van der Waals surface area contributed by atoms with Crippen LogP contribution in [0.25, 0.3) is 0 Å².